The van der Waals surface area contributed by atoms with Crippen LogP contribution in [0, 0.1) is 10.1 Å². The Morgan fingerprint density at radius 1 is 1.02 bits per heavy atom. The Hall–Kier alpha value is -5.34. The van der Waals surface area contributed by atoms with Crippen LogP contribution in [-0.2, 0) is 10.0 Å². The standard InChI is InChI=1S/C27H20N6O6S2/c34-27(35)21-9-4-5-10-22(21)31-41(38,39)25-15-20(33(36)37)12-13-23(25)29-28-16-18-17-32(19-7-2-1-3-8-19)30-26(18)24-11-6-14-40-24/h1-17,29,31H,(H,34,35). The fourth-order valence-corrected chi connectivity index (χ4v) is 5.86. The molecule has 41 heavy (non-hydrogen) atoms. The minimum absolute atomic E-state index is 0.0692. The maximum absolute atomic E-state index is 13.3. The number of nitrogens with one attached hydrogen (secondary N) is 2. The Kier molecular flexibility index (Phi) is 7.58. The second-order valence-corrected chi connectivity index (χ2v) is 11.1. The number of hydrogen-bond acceptors (Lipinski definition) is 9. The van der Waals surface area contributed by atoms with Crippen molar-refractivity contribution in [2.45, 2.75) is 4.90 Å². The van der Waals surface area contributed by atoms with Crippen molar-refractivity contribution in [3.05, 3.63) is 118 Å². The van der Waals surface area contributed by atoms with E-state index < -0.39 is 31.5 Å². The number of hydrogen-bond donors (Lipinski definition) is 3. The van der Waals surface area contributed by atoms with Gasteiger partial charge in [-0.2, -0.15) is 10.2 Å². The van der Waals surface area contributed by atoms with Crippen LogP contribution in [0.15, 0.2) is 107 Å². The summed E-state index contributed by atoms with van der Waals surface area (Å²) in [6, 6.07) is 21.9. The molecule has 0 amide bonds. The van der Waals surface area contributed by atoms with E-state index in [0.717, 1.165) is 22.7 Å². The predicted octanol–water partition coefficient (Wildman–Crippen LogP) is 5.45. The lowest BCUT2D eigenvalue weighted by Crippen LogP contribution is -2.17. The predicted molar refractivity (Wildman–Crippen MR) is 155 cm³/mol. The number of benzene rings is 3. The van der Waals surface area contributed by atoms with E-state index >= 15 is 0 Å². The van der Waals surface area contributed by atoms with Crippen molar-refractivity contribution < 1.29 is 23.2 Å². The van der Waals surface area contributed by atoms with E-state index in [1.807, 2.05) is 47.8 Å². The van der Waals surface area contributed by atoms with E-state index in [2.05, 4.69) is 20.3 Å². The highest BCUT2D eigenvalue weighted by Gasteiger charge is 2.24. The summed E-state index contributed by atoms with van der Waals surface area (Å²) in [7, 11) is -4.50. The zero-order chi connectivity index (χ0) is 29.0. The van der Waals surface area contributed by atoms with Gasteiger partial charge in [0, 0.05) is 23.9 Å². The third kappa shape index (κ3) is 5.98. The van der Waals surface area contributed by atoms with E-state index in [1.54, 1.807) is 10.9 Å². The van der Waals surface area contributed by atoms with E-state index in [0.29, 0.717) is 11.3 Å². The molecule has 3 N–H and O–H groups in total. The zero-order valence-corrected chi connectivity index (χ0v) is 22.5. The smallest absolute Gasteiger partial charge is 0.337 e. The highest BCUT2D eigenvalue weighted by Crippen LogP contribution is 2.30. The van der Waals surface area contributed by atoms with Crippen LogP contribution in [0.25, 0.3) is 16.3 Å². The van der Waals surface area contributed by atoms with Gasteiger partial charge in [0.2, 0.25) is 0 Å². The maximum Gasteiger partial charge on any atom is 0.337 e. The fraction of sp³-hybridized carbons (Fsp3) is 0. The number of carboxylic acids is 1. The molecule has 0 saturated carbocycles. The van der Waals surface area contributed by atoms with E-state index in [9.17, 15) is 28.4 Å². The lowest BCUT2D eigenvalue weighted by atomic mass is 10.2. The average Bonchev–Trinajstić information content (AvgIpc) is 3.64. The molecule has 0 aliphatic rings. The number of nitro benzene ring substituents is 1. The number of carbonyl (C=O) groups is 1. The van der Waals surface area contributed by atoms with Crippen molar-refractivity contribution in [1.29, 1.82) is 0 Å². The SMILES string of the molecule is O=C(O)c1ccccc1NS(=O)(=O)c1cc([N+](=O)[O-])ccc1NN=Cc1cn(-c2ccccc2)nc1-c1cccs1. The molecule has 14 heteroatoms. The molecule has 2 aromatic heterocycles. The Labute approximate surface area is 237 Å². The lowest BCUT2D eigenvalue weighted by molar-refractivity contribution is -0.385. The third-order valence-corrected chi connectivity index (χ3v) is 8.06. The van der Waals surface area contributed by atoms with Crippen LogP contribution < -0.4 is 10.1 Å². The number of carboxylic acid groups (broad SMARTS) is 1. The first-order chi connectivity index (χ1) is 19.7. The average molecular weight is 589 g/mol. The Balaban J connectivity index is 1.50. The number of anilines is 2. The van der Waals surface area contributed by atoms with Gasteiger partial charge in [-0.1, -0.05) is 36.4 Å². The molecular weight excluding hydrogens is 568 g/mol. The Bertz CT molecular complexity index is 1870. The van der Waals surface area contributed by atoms with Gasteiger partial charge in [0.1, 0.15) is 10.6 Å². The number of non-ortho nitro benzene ring substituents is 1. The normalized spacial score (nSPS) is 11.4. The summed E-state index contributed by atoms with van der Waals surface area (Å²) >= 11 is 1.49. The van der Waals surface area contributed by atoms with Crippen molar-refractivity contribution in [2.24, 2.45) is 5.10 Å². The van der Waals surface area contributed by atoms with Crippen LogP contribution in [0.2, 0.25) is 0 Å². The van der Waals surface area contributed by atoms with Gasteiger partial charge in [-0.15, -0.1) is 11.3 Å². The summed E-state index contributed by atoms with van der Waals surface area (Å²) in [6.07, 6.45) is 3.24. The molecule has 0 radical (unpaired) electrons. The quantitative estimate of drug-likeness (QED) is 0.110. The number of nitro groups is 1. The Morgan fingerprint density at radius 2 is 1.78 bits per heavy atom. The van der Waals surface area contributed by atoms with Gasteiger partial charge in [0.05, 0.1) is 38.6 Å². The van der Waals surface area contributed by atoms with Crippen molar-refractivity contribution in [3.63, 3.8) is 0 Å². The molecule has 5 aromatic rings. The number of rotatable bonds is 10. The first-order valence-electron chi connectivity index (χ1n) is 11.8. The summed E-state index contributed by atoms with van der Waals surface area (Å²) < 4.78 is 30.6. The van der Waals surface area contributed by atoms with Crippen LogP contribution in [-0.4, -0.2) is 40.4 Å². The van der Waals surface area contributed by atoms with E-state index in [-0.39, 0.29) is 16.9 Å². The number of para-hydroxylation sites is 2. The number of nitrogens with zero attached hydrogens (tertiary/aromatic N) is 4. The minimum atomic E-state index is -4.50. The summed E-state index contributed by atoms with van der Waals surface area (Å²) in [5, 5.41) is 31.7. The van der Waals surface area contributed by atoms with E-state index in [4.69, 9.17) is 0 Å². The molecule has 0 atom stereocenters. The number of aromatic nitrogens is 2. The maximum atomic E-state index is 13.3. The molecule has 3 aromatic carbocycles. The van der Waals surface area contributed by atoms with Gasteiger partial charge < -0.3 is 5.11 Å². The van der Waals surface area contributed by atoms with Crippen LogP contribution in [0.5, 0.6) is 0 Å². The summed E-state index contributed by atoms with van der Waals surface area (Å²) in [4.78, 5) is 22.6. The second kappa shape index (κ2) is 11.4. The number of thiophene rings is 1. The molecule has 0 saturated heterocycles. The number of sulfonamides is 1. The van der Waals surface area contributed by atoms with Gasteiger partial charge in [-0.3, -0.25) is 20.3 Å². The van der Waals surface area contributed by atoms with Crippen molar-refractivity contribution >= 4 is 50.6 Å². The summed E-state index contributed by atoms with van der Waals surface area (Å²) in [5.74, 6) is -1.34. The number of hydrazone groups is 1. The van der Waals surface area contributed by atoms with Crippen LogP contribution >= 0.6 is 11.3 Å². The molecule has 0 aliphatic heterocycles. The molecule has 0 aliphatic carbocycles. The molecule has 0 unspecified atom stereocenters. The monoisotopic (exact) mass is 588 g/mol. The van der Waals surface area contributed by atoms with E-state index in [1.165, 1.54) is 47.9 Å². The lowest BCUT2D eigenvalue weighted by Gasteiger charge is -2.13. The fourth-order valence-electron chi connectivity index (χ4n) is 3.87. The largest absolute Gasteiger partial charge is 0.478 e. The van der Waals surface area contributed by atoms with Gasteiger partial charge >= 0.3 is 5.97 Å². The highest BCUT2D eigenvalue weighted by atomic mass is 32.2. The van der Waals surface area contributed by atoms with Crippen molar-refractivity contribution in [1.82, 2.24) is 9.78 Å². The molecule has 5 rings (SSSR count). The second-order valence-electron chi connectivity index (χ2n) is 8.45. The van der Waals surface area contributed by atoms with Crippen molar-refractivity contribution in [2.75, 3.05) is 10.1 Å². The highest BCUT2D eigenvalue weighted by molar-refractivity contribution is 7.93. The molecule has 2 heterocycles. The zero-order valence-electron chi connectivity index (χ0n) is 20.9. The summed E-state index contributed by atoms with van der Waals surface area (Å²) in [6.45, 7) is 0. The third-order valence-electron chi connectivity index (χ3n) is 5.77. The first kappa shape index (κ1) is 27.2. The molecule has 206 valence electrons. The topological polar surface area (TPSA) is 169 Å². The Morgan fingerprint density at radius 3 is 2.49 bits per heavy atom. The van der Waals surface area contributed by atoms with Gasteiger partial charge in [0.25, 0.3) is 15.7 Å². The summed E-state index contributed by atoms with van der Waals surface area (Å²) in [5.41, 5.74) is 3.73. The van der Waals surface area contributed by atoms with Crippen LogP contribution in [0.1, 0.15) is 15.9 Å². The minimum Gasteiger partial charge on any atom is -0.478 e. The molecule has 0 bridgehead atoms. The first-order valence-corrected chi connectivity index (χ1v) is 14.2. The van der Waals surface area contributed by atoms with Gasteiger partial charge in [0.15, 0.2) is 0 Å². The van der Waals surface area contributed by atoms with Crippen LogP contribution in [0.4, 0.5) is 17.1 Å². The molecular formula is C27H20N6O6S2. The van der Waals surface area contributed by atoms with Gasteiger partial charge in [-0.25, -0.2) is 17.9 Å². The van der Waals surface area contributed by atoms with Gasteiger partial charge in [-0.05, 0) is 41.8 Å². The molecule has 0 fully saturated rings. The van der Waals surface area contributed by atoms with Crippen LogP contribution in [0.3, 0.4) is 0 Å². The number of aromatic carboxylic acids is 1. The van der Waals surface area contributed by atoms with Crippen molar-refractivity contribution in [3.8, 4) is 16.3 Å². The molecule has 12 nitrogen and oxygen atoms in total. The molecule has 0 spiro atoms.